The average Bonchev–Trinajstić information content (AvgIpc) is 2.29. The van der Waals surface area contributed by atoms with Crippen LogP contribution in [0.3, 0.4) is 0 Å². The van der Waals surface area contributed by atoms with Crippen molar-refractivity contribution in [2.24, 2.45) is 0 Å². The first-order chi connectivity index (χ1) is 8.79. The number of halogens is 1. The van der Waals surface area contributed by atoms with Gasteiger partial charge in [-0.25, -0.2) is 4.39 Å². The first-order valence-electron chi connectivity index (χ1n) is 7.30. The van der Waals surface area contributed by atoms with Crippen molar-refractivity contribution in [1.82, 2.24) is 5.32 Å². The Kier molecular flexibility index (Phi) is 5.99. The van der Waals surface area contributed by atoms with E-state index in [0.717, 1.165) is 24.1 Å². The van der Waals surface area contributed by atoms with E-state index in [1.807, 2.05) is 26.0 Å². The van der Waals surface area contributed by atoms with Gasteiger partial charge >= 0.3 is 0 Å². The van der Waals surface area contributed by atoms with Crippen LogP contribution in [0.4, 0.5) is 4.39 Å². The maximum Gasteiger partial charge on any atom is 0.129 e. The molecule has 1 aromatic rings. The summed E-state index contributed by atoms with van der Waals surface area (Å²) in [6.45, 7) is 11.3. The zero-order valence-electron chi connectivity index (χ0n) is 13.1. The van der Waals surface area contributed by atoms with Gasteiger partial charge in [-0.15, -0.1) is 0 Å². The van der Waals surface area contributed by atoms with Gasteiger partial charge in [0.2, 0.25) is 0 Å². The van der Waals surface area contributed by atoms with Gasteiger partial charge in [0.05, 0.1) is 0 Å². The molecule has 19 heavy (non-hydrogen) atoms. The predicted molar refractivity (Wildman–Crippen MR) is 81.2 cm³/mol. The maximum absolute atomic E-state index is 13.5. The molecule has 0 unspecified atom stereocenters. The van der Waals surface area contributed by atoms with E-state index in [1.54, 1.807) is 0 Å². The first-order valence-corrected chi connectivity index (χ1v) is 7.30. The number of aryl methyl sites for hydroxylation is 3. The molecule has 1 aromatic carbocycles. The number of unbranched alkanes of at least 4 members (excludes halogenated alkanes) is 2. The number of rotatable bonds is 6. The second-order valence-electron chi connectivity index (χ2n) is 6.53. The molecule has 2 heteroatoms. The molecule has 1 nitrogen and oxygen atoms in total. The molecular formula is C17H28FN. The van der Waals surface area contributed by atoms with Crippen molar-refractivity contribution in [2.45, 2.75) is 65.8 Å². The summed E-state index contributed by atoms with van der Waals surface area (Å²) in [7, 11) is 0. The molecule has 0 heterocycles. The molecule has 0 aliphatic heterocycles. The van der Waals surface area contributed by atoms with Gasteiger partial charge < -0.3 is 5.32 Å². The highest BCUT2D eigenvalue weighted by Crippen LogP contribution is 2.16. The Morgan fingerprint density at radius 3 is 2.11 bits per heavy atom. The normalized spacial score (nSPS) is 11.9. The molecule has 1 rings (SSSR count). The lowest BCUT2D eigenvalue weighted by Crippen LogP contribution is -2.36. The minimum Gasteiger partial charge on any atom is -0.312 e. The zero-order valence-corrected chi connectivity index (χ0v) is 13.1. The van der Waals surface area contributed by atoms with Crippen LogP contribution in [0.1, 0.15) is 56.7 Å². The smallest absolute Gasteiger partial charge is 0.129 e. The van der Waals surface area contributed by atoms with E-state index >= 15 is 0 Å². The van der Waals surface area contributed by atoms with E-state index in [-0.39, 0.29) is 11.4 Å². The Morgan fingerprint density at radius 1 is 1.00 bits per heavy atom. The van der Waals surface area contributed by atoms with Crippen molar-refractivity contribution in [3.05, 3.63) is 34.6 Å². The monoisotopic (exact) mass is 265 g/mol. The molecule has 0 radical (unpaired) electrons. The lowest BCUT2D eigenvalue weighted by molar-refractivity contribution is 0.417. The fraction of sp³-hybridized carbons (Fsp3) is 0.647. The average molecular weight is 265 g/mol. The highest BCUT2D eigenvalue weighted by molar-refractivity contribution is 5.30. The number of hydrogen-bond acceptors (Lipinski definition) is 1. The second-order valence-corrected chi connectivity index (χ2v) is 6.53. The van der Waals surface area contributed by atoms with Crippen LogP contribution in [-0.4, -0.2) is 12.1 Å². The third kappa shape index (κ3) is 6.20. The Balaban J connectivity index is 2.27. The van der Waals surface area contributed by atoms with E-state index in [2.05, 4.69) is 26.1 Å². The third-order valence-corrected chi connectivity index (χ3v) is 3.29. The van der Waals surface area contributed by atoms with E-state index in [0.29, 0.717) is 0 Å². The maximum atomic E-state index is 13.5. The van der Waals surface area contributed by atoms with Crippen LogP contribution in [0.5, 0.6) is 0 Å². The van der Waals surface area contributed by atoms with Crippen LogP contribution in [0, 0.1) is 19.7 Å². The quantitative estimate of drug-likeness (QED) is 0.744. The van der Waals surface area contributed by atoms with Crippen LogP contribution < -0.4 is 5.32 Å². The summed E-state index contributed by atoms with van der Waals surface area (Å²) in [5.74, 6) is -0.0573. The predicted octanol–water partition coefficient (Wildman–Crippen LogP) is 4.54. The van der Waals surface area contributed by atoms with Gasteiger partial charge in [0, 0.05) is 5.54 Å². The van der Waals surface area contributed by atoms with Crippen LogP contribution in [0.15, 0.2) is 12.1 Å². The fourth-order valence-corrected chi connectivity index (χ4v) is 2.27. The zero-order chi connectivity index (χ0) is 14.5. The molecule has 0 saturated heterocycles. The Morgan fingerprint density at radius 2 is 1.58 bits per heavy atom. The molecule has 0 atom stereocenters. The van der Waals surface area contributed by atoms with Crippen LogP contribution in [-0.2, 0) is 6.42 Å². The molecule has 108 valence electrons. The number of hydrogen-bond donors (Lipinski definition) is 1. The lowest BCUT2D eigenvalue weighted by Gasteiger charge is -2.20. The van der Waals surface area contributed by atoms with Crippen molar-refractivity contribution in [2.75, 3.05) is 6.54 Å². The minimum absolute atomic E-state index is 0.0573. The highest BCUT2D eigenvalue weighted by atomic mass is 19.1. The third-order valence-electron chi connectivity index (χ3n) is 3.29. The molecule has 0 aliphatic rings. The number of benzene rings is 1. The molecule has 0 saturated carbocycles. The molecule has 0 amide bonds. The van der Waals surface area contributed by atoms with Crippen molar-refractivity contribution < 1.29 is 4.39 Å². The van der Waals surface area contributed by atoms with E-state index in [1.165, 1.54) is 24.8 Å². The van der Waals surface area contributed by atoms with Crippen LogP contribution >= 0.6 is 0 Å². The van der Waals surface area contributed by atoms with Crippen LogP contribution in [0.25, 0.3) is 0 Å². The van der Waals surface area contributed by atoms with E-state index in [4.69, 9.17) is 0 Å². The number of nitrogens with one attached hydrogen (secondary N) is 1. The van der Waals surface area contributed by atoms with Crippen LogP contribution in [0.2, 0.25) is 0 Å². The molecule has 0 bridgehead atoms. The Labute approximate surface area is 117 Å². The molecule has 0 fully saturated rings. The molecule has 1 N–H and O–H groups in total. The topological polar surface area (TPSA) is 12.0 Å². The van der Waals surface area contributed by atoms with E-state index < -0.39 is 0 Å². The summed E-state index contributed by atoms with van der Waals surface area (Å²) in [4.78, 5) is 0. The van der Waals surface area contributed by atoms with Crippen molar-refractivity contribution in [3.63, 3.8) is 0 Å². The van der Waals surface area contributed by atoms with Crippen molar-refractivity contribution in [1.29, 1.82) is 0 Å². The SMILES string of the molecule is Cc1cc(CCCCCNC(C)(C)C)cc(C)c1F. The summed E-state index contributed by atoms with van der Waals surface area (Å²) in [6.07, 6.45) is 4.66. The Bertz CT molecular complexity index is 381. The highest BCUT2D eigenvalue weighted by Gasteiger charge is 2.07. The van der Waals surface area contributed by atoms with Crippen molar-refractivity contribution >= 4 is 0 Å². The summed E-state index contributed by atoms with van der Waals surface area (Å²) in [6, 6.07) is 3.96. The van der Waals surface area contributed by atoms with Gasteiger partial charge in [-0.3, -0.25) is 0 Å². The largest absolute Gasteiger partial charge is 0.312 e. The summed E-state index contributed by atoms with van der Waals surface area (Å²) in [5, 5.41) is 3.50. The van der Waals surface area contributed by atoms with Gasteiger partial charge in [0.15, 0.2) is 0 Å². The molecule has 0 aromatic heterocycles. The second kappa shape index (κ2) is 7.04. The molecule has 0 spiro atoms. The Hall–Kier alpha value is -0.890. The first kappa shape index (κ1) is 16.2. The molecular weight excluding hydrogens is 237 g/mol. The van der Waals surface area contributed by atoms with E-state index in [9.17, 15) is 4.39 Å². The summed E-state index contributed by atoms with van der Waals surface area (Å²) < 4.78 is 13.5. The lowest BCUT2D eigenvalue weighted by atomic mass is 10.0. The van der Waals surface area contributed by atoms with Gasteiger partial charge in [-0.05, 0) is 77.1 Å². The standard InChI is InChI=1S/C17H28FN/c1-13-11-15(12-14(2)16(13)18)9-7-6-8-10-19-17(3,4)5/h11-12,19H,6-10H2,1-5H3. The molecule has 0 aliphatic carbocycles. The van der Waals surface area contributed by atoms with Crippen molar-refractivity contribution in [3.8, 4) is 0 Å². The fourth-order valence-electron chi connectivity index (χ4n) is 2.27. The summed E-state index contributed by atoms with van der Waals surface area (Å²) in [5.41, 5.74) is 3.01. The summed E-state index contributed by atoms with van der Waals surface area (Å²) >= 11 is 0. The minimum atomic E-state index is -0.0573. The van der Waals surface area contributed by atoms with Gasteiger partial charge in [-0.2, -0.15) is 0 Å². The van der Waals surface area contributed by atoms with Gasteiger partial charge in [0.25, 0.3) is 0 Å². The van der Waals surface area contributed by atoms with Gasteiger partial charge in [0.1, 0.15) is 5.82 Å². The van der Waals surface area contributed by atoms with Gasteiger partial charge in [-0.1, -0.05) is 18.6 Å².